The van der Waals surface area contributed by atoms with Gasteiger partial charge in [-0.1, -0.05) is 6.92 Å². The summed E-state index contributed by atoms with van der Waals surface area (Å²) in [6.07, 6.45) is 3.57. The molecule has 1 aliphatic carbocycles. The zero-order chi connectivity index (χ0) is 19.4. The number of rotatable bonds is 8. The van der Waals surface area contributed by atoms with E-state index in [0.29, 0.717) is 32.1 Å². The van der Waals surface area contributed by atoms with E-state index in [1.165, 1.54) is 0 Å². The van der Waals surface area contributed by atoms with Crippen LogP contribution in [0.1, 0.15) is 32.6 Å². The SMILES string of the molecule is CCCN(C(=O)CN1CCN(CC(=O)NC2CC2)CC1)C1CCS(=O)(=O)C1. The minimum atomic E-state index is -3.00. The molecule has 1 saturated carbocycles. The third kappa shape index (κ3) is 6.15. The molecule has 0 spiro atoms. The topological polar surface area (TPSA) is 90.0 Å². The van der Waals surface area contributed by atoms with Crippen LogP contribution < -0.4 is 5.32 Å². The van der Waals surface area contributed by atoms with E-state index in [1.807, 2.05) is 6.92 Å². The van der Waals surface area contributed by atoms with Crippen molar-refractivity contribution >= 4 is 21.7 Å². The Balaban J connectivity index is 1.43. The summed E-state index contributed by atoms with van der Waals surface area (Å²) in [5, 5.41) is 3.01. The maximum Gasteiger partial charge on any atom is 0.237 e. The fourth-order valence-corrected chi connectivity index (χ4v) is 5.60. The van der Waals surface area contributed by atoms with Gasteiger partial charge in [0.05, 0.1) is 24.6 Å². The third-order valence-electron chi connectivity index (χ3n) is 5.57. The maximum atomic E-state index is 12.8. The zero-order valence-electron chi connectivity index (χ0n) is 16.2. The normalized spacial score (nSPS) is 26.0. The van der Waals surface area contributed by atoms with E-state index >= 15 is 0 Å². The Hall–Kier alpha value is -1.19. The highest BCUT2D eigenvalue weighted by molar-refractivity contribution is 7.91. The molecule has 1 N–H and O–H groups in total. The van der Waals surface area contributed by atoms with Crippen LogP contribution in [-0.2, 0) is 19.4 Å². The van der Waals surface area contributed by atoms with E-state index in [0.717, 1.165) is 45.4 Å². The molecular formula is C18H32N4O4S. The minimum absolute atomic E-state index is 0.0267. The predicted octanol–water partition coefficient (Wildman–Crippen LogP) is -0.692. The van der Waals surface area contributed by atoms with E-state index in [-0.39, 0.29) is 29.4 Å². The maximum absolute atomic E-state index is 12.8. The quantitative estimate of drug-likeness (QED) is 0.580. The van der Waals surface area contributed by atoms with Crippen LogP contribution in [0.15, 0.2) is 0 Å². The molecule has 27 heavy (non-hydrogen) atoms. The van der Waals surface area contributed by atoms with Crippen molar-refractivity contribution in [2.45, 2.75) is 44.7 Å². The van der Waals surface area contributed by atoms with Crippen LogP contribution in [-0.4, -0.2) is 104 Å². The highest BCUT2D eigenvalue weighted by atomic mass is 32.2. The molecule has 0 aromatic rings. The molecule has 1 unspecified atom stereocenters. The highest BCUT2D eigenvalue weighted by Gasteiger charge is 2.35. The van der Waals surface area contributed by atoms with Crippen molar-refractivity contribution in [3.05, 3.63) is 0 Å². The fourth-order valence-electron chi connectivity index (χ4n) is 3.86. The Morgan fingerprint density at radius 3 is 2.19 bits per heavy atom. The number of nitrogens with zero attached hydrogens (tertiary/aromatic N) is 3. The van der Waals surface area contributed by atoms with Crippen LogP contribution in [0.5, 0.6) is 0 Å². The van der Waals surface area contributed by atoms with Gasteiger partial charge < -0.3 is 10.2 Å². The Morgan fingerprint density at radius 2 is 1.67 bits per heavy atom. The van der Waals surface area contributed by atoms with E-state index in [4.69, 9.17) is 0 Å². The molecule has 3 rings (SSSR count). The molecule has 0 radical (unpaired) electrons. The summed E-state index contributed by atoms with van der Waals surface area (Å²) in [4.78, 5) is 30.7. The van der Waals surface area contributed by atoms with E-state index in [2.05, 4.69) is 15.1 Å². The lowest BCUT2D eigenvalue weighted by Crippen LogP contribution is -2.53. The largest absolute Gasteiger partial charge is 0.352 e. The first kappa shape index (κ1) is 20.5. The van der Waals surface area contributed by atoms with E-state index in [1.54, 1.807) is 4.90 Å². The summed E-state index contributed by atoms with van der Waals surface area (Å²) in [5.41, 5.74) is 0. The number of hydrogen-bond acceptors (Lipinski definition) is 6. The predicted molar refractivity (Wildman–Crippen MR) is 103 cm³/mol. The van der Waals surface area contributed by atoms with Crippen LogP contribution in [0.2, 0.25) is 0 Å². The molecule has 154 valence electrons. The van der Waals surface area contributed by atoms with Crippen molar-refractivity contribution in [2.75, 3.05) is 57.3 Å². The second-order valence-electron chi connectivity index (χ2n) is 8.04. The van der Waals surface area contributed by atoms with Gasteiger partial charge in [-0.25, -0.2) is 8.42 Å². The monoisotopic (exact) mass is 400 g/mol. The van der Waals surface area contributed by atoms with Crippen LogP contribution in [0.25, 0.3) is 0 Å². The average Bonchev–Trinajstić information content (AvgIpc) is 3.35. The third-order valence-corrected chi connectivity index (χ3v) is 7.32. The second kappa shape index (κ2) is 8.87. The Bertz CT molecular complexity index is 642. The van der Waals surface area contributed by atoms with Gasteiger partial charge in [-0.05, 0) is 25.7 Å². The number of piperazine rings is 1. The minimum Gasteiger partial charge on any atom is -0.352 e. The van der Waals surface area contributed by atoms with Crippen LogP contribution in [0, 0.1) is 0 Å². The van der Waals surface area contributed by atoms with Gasteiger partial charge in [0.2, 0.25) is 11.8 Å². The summed E-state index contributed by atoms with van der Waals surface area (Å²) >= 11 is 0. The van der Waals surface area contributed by atoms with Gasteiger partial charge in [0, 0.05) is 44.8 Å². The molecule has 2 heterocycles. The van der Waals surface area contributed by atoms with Crippen molar-refractivity contribution in [3.63, 3.8) is 0 Å². The van der Waals surface area contributed by atoms with E-state index < -0.39 is 9.84 Å². The molecule has 0 aromatic carbocycles. The standard InChI is InChI=1S/C18H32N4O4S/c1-2-6-22(16-5-11-27(25,26)14-16)18(24)13-21-9-7-20(8-10-21)12-17(23)19-15-3-4-15/h15-16H,2-14H2,1H3,(H,19,23). The molecule has 2 aliphatic heterocycles. The van der Waals surface area contributed by atoms with Gasteiger partial charge in [-0.2, -0.15) is 0 Å². The van der Waals surface area contributed by atoms with Crippen LogP contribution in [0.4, 0.5) is 0 Å². The van der Waals surface area contributed by atoms with Gasteiger partial charge in [0.15, 0.2) is 9.84 Å². The molecular weight excluding hydrogens is 368 g/mol. The average molecular weight is 401 g/mol. The number of carbonyl (C=O) groups excluding carboxylic acids is 2. The van der Waals surface area contributed by atoms with Gasteiger partial charge in [0.1, 0.15) is 0 Å². The van der Waals surface area contributed by atoms with Crippen LogP contribution >= 0.6 is 0 Å². The lowest BCUT2D eigenvalue weighted by molar-refractivity contribution is -0.135. The second-order valence-corrected chi connectivity index (χ2v) is 10.3. The van der Waals surface area contributed by atoms with Crippen molar-refractivity contribution in [1.82, 2.24) is 20.0 Å². The summed E-state index contributed by atoms with van der Waals surface area (Å²) in [7, 11) is -3.00. The zero-order valence-corrected chi connectivity index (χ0v) is 17.0. The molecule has 8 nitrogen and oxygen atoms in total. The molecule has 9 heteroatoms. The van der Waals surface area contributed by atoms with Crippen molar-refractivity contribution in [3.8, 4) is 0 Å². The number of carbonyl (C=O) groups is 2. The van der Waals surface area contributed by atoms with E-state index in [9.17, 15) is 18.0 Å². The summed E-state index contributed by atoms with van der Waals surface area (Å²) in [6, 6.07) is 0.218. The number of nitrogens with one attached hydrogen (secondary N) is 1. The first-order valence-electron chi connectivity index (χ1n) is 10.1. The molecule has 2 amide bonds. The number of hydrogen-bond donors (Lipinski definition) is 1. The fraction of sp³-hybridized carbons (Fsp3) is 0.889. The van der Waals surface area contributed by atoms with Crippen LogP contribution in [0.3, 0.4) is 0 Å². The Morgan fingerprint density at radius 1 is 1.04 bits per heavy atom. The Kier molecular flexibility index (Phi) is 6.75. The summed E-state index contributed by atoms with van der Waals surface area (Å²) < 4.78 is 23.5. The number of amides is 2. The first-order valence-corrected chi connectivity index (χ1v) is 11.9. The molecule has 0 aromatic heterocycles. The molecule has 2 saturated heterocycles. The summed E-state index contributed by atoms with van der Waals surface area (Å²) in [6.45, 7) is 6.44. The van der Waals surface area contributed by atoms with Gasteiger partial charge in [-0.3, -0.25) is 19.4 Å². The lowest BCUT2D eigenvalue weighted by Gasteiger charge is -2.36. The van der Waals surface area contributed by atoms with Crippen molar-refractivity contribution < 1.29 is 18.0 Å². The smallest absolute Gasteiger partial charge is 0.237 e. The molecule has 1 atom stereocenters. The van der Waals surface area contributed by atoms with Crippen molar-refractivity contribution in [2.24, 2.45) is 0 Å². The Labute approximate surface area is 162 Å². The lowest BCUT2D eigenvalue weighted by atomic mass is 10.2. The molecule has 3 fully saturated rings. The van der Waals surface area contributed by atoms with Gasteiger partial charge >= 0.3 is 0 Å². The van der Waals surface area contributed by atoms with Gasteiger partial charge in [0.25, 0.3) is 0 Å². The number of sulfone groups is 1. The van der Waals surface area contributed by atoms with Gasteiger partial charge in [-0.15, -0.1) is 0 Å². The highest BCUT2D eigenvalue weighted by Crippen LogP contribution is 2.19. The first-order chi connectivity index (χ1) is 12.9. The summed E-state index contributed by atoms with van der Waals surface area (Å²) in [5.74, 6) is 0.410. The molecule has 3 aliphatic rings. The molecule has 0 bridgehead atoms. The van der Waals surface area contributed by atoms with Crippen molar-refractivity contribution in [1.29, 1.82) is 0 Å².